The van der Waals surface area contributed by atoms with Crippen LogP contribution in [-0.2, 0) is 4.79 Å². The van der Waals surface area contributed by atoms with E-state index in [1.807, 2.05) is 6.07 Å². The number of halogens is 1. The van der Waals surface area contributed by atoms with Gasteiger partial charge in [-0.15, -0.1) is 0 Å². The fourth-order valence-corrected chi connectivity index (χ4v) is 3.17. The van der Waals surface area contributed by atoms with Crippen LogP contribution in [0.4, 0.5) is 4.39 Å². The van der Waals surface area contributed by atoms with Crippen LogP contribution in [0.2, 0.25) is 0 Å². The molecule has 0 saturated carbocycles. The van der Waals surface area contributed by atoms with Gasteiger partial charge in [-0.3, -0.25) is 4.79 Å². The summed E-state index contributed by atoms with van der Waals surface area (Å²) in [6, 6.07) is 11.4. The van der Waals surface area contributed by atoms with Gasteiger partial charge in [0.05, 0.1) is 32.5 Å². The monoisotopic (exact) mass is 371 g/mol. The molecule has 1 aliphatic rings. The van der Waals surface area contributed by atoms with E-state index in [0.717, 1.165) is 5.56 Å². The van der Waals surface area contributed by atoms with E-state index in [-0.39, 0.29) is 18.3 Å². The number of hydrogen-bond donors (Lipinski definition) is 1. The summed E-state index contributed by atoms with van der Waals surface area (Å²) in [7, 11) is 4.83. The predicted molar refractivity (Wildman–Crippen MR) is 101 cm³/mol. The van der Waals surface area contributed by atoms with E-state index in [4.69, 9.17) is 9.47 Å². The van der Waals surface area contributed by atoms with Crippen LogP contribution in [0.1, 0.15) is 23.6 Å². The number of hydrogen-bond acceptors (Lipinski definition) is 5. The number of nitrogens with zero attached hydrogens (tertiary/aromatic N) is 2. The topological polar surface area (TPSA) is 63.2 Å². The highest BCUT2D eigenvalue weighted by Gasteiger charge is 2.35. The molecule has 27 heavy (non-hydrogen) atoms. The lowest BCUT2D eigenvalue weighted by molar-refractivity contribution is -0.131. The second-order valence-electron chi connectivity index (χ2n) is 6.12. The summed E-state index contributed by atoms with van der Waals surface area (Å²) < 4.78 is 25.1. The van der Waals surface area contributed by atoms with Gasteiger partial charge < -0.3 is 14.8 Å². The van der Waals surface area contributed by atoms with Crippen LogP contribution in [0, 0.1) is 5.82 Å². The van der Waals surface area contributed by atoms with Crippen molar-refractivity contribution in [1.82, 2.24) is 10.3 Å². The molecule has 0 aromatic heterocycles. The minimum Gasteiger partial charge on any atom is -0.497 e. The van der Waals surface area contributed by atoms with Crippen molar-refractivity contribution in [2.24, 2.45) is 5.10 Å². The summed E-state index contributed by atoms with van der Waals surface area (Å²) in [5, 5.41) is 8.69. The summed E-state index contributed by atoms with van der Waals surface area (Å²) in [5.74, 6) is 0.688. The largest absolute Gasteiger partial charge is 0.497 e. The zero-order valence-corrected chi connectivity index (χ0v) is 15.5. The molecule has 0 spiro atoms. The molecule has 2 aromatic carbocycles. The van der Waals surface area contributed by atoms with Crippen molar-refractivity contribution in [1.29, 1.82) is 0 Å². The lowest BCUT2D eigenvalue weighted by Gasteiger charge is -2.24. The molecule has 1 amide bonds. The van der Waals surface area contributed by atoms with Gasteiger partial charge in [-0.05, 0) is 31.3 Å². The molecule has 2 aromatic rings. The van der Waals surface area contributed by atoms with Gasteiger partial charge in [0, 0.05) is 17.5 Å². The highest BCUT2D eigenvalue weighted by molar-refractivity contribution is 6.03. The molecule has 1 aliphatic heterocycles. The van der Waals surface area contributed by atoms with Gasteiger partial charge in [0.25, 0.3) is 5.91 Å². The average Bonchev–Trinajstić information content (AvgIpc) is 3.13. The van der Waals surface area contributed by atoms with Crippen molar-refractivity contribution in [2.75, 3.05) is 27.8 Å². The fourth-order valence-electron chi connectivity index (χ4n) is 3.17. The average molecular weight is 371 g/mol. The van der Waals surface area contributed by atoms with Crippen LogP contribution in [0.25, 0.3) is 0 Å². The minimum absolute atomic E-state index is 0.122. The van der Waals surface area contributed by atoms with E-state index in [1.54, 1.807) is 51.6 Å². The van der Waals surface area contributed by atoms with Crippen LogP contribution in [0.5, 0.6) is 11.5 Å². The smallest absolute Gasteiger partial charge is 0.257 e. The van der Waals surface area contributed by atoms with Crippen LogP contribution in [0.15, 0.2) is 47.6 Å². The first kappa shape index (κ1) is 18.8. The third kappa shape index (κ3) is 3.78. The van der Waals surface area contributed by atoms with E-state index >= 15 is 0 Å². The van der Waals surface area contributed by atoms with Gasteiger partial charge in [-0.2, -0.15) is 5.10 Å². The Morgan fingerprint density at radius 3 is 2.70 bits per heavy atom. The van der Waals surface area contributed by atoms with Crippen molar-refractivity contribution in [3.05, 3.63) is 59.4 Å². The third-order valence-electron chi connectivity index (χ3n) is 4.47. The molecule has 7 heteroatoms. The van der Waals surface area contributed by atoms with E-state index in [9.17, 15) is 9.18 Å². The van der Waals surface area contributed by atoms with Crippen molar-refractivity contribution in [2.45, 2.75) is 12.5 Å². The zero-order valence-electron chi connectivity index (χ0n) is 15.5. The van der Waals surface area contributed by atoms with Gasteiger partial charge in [0.1, 0.15) is 17.3 Å². The molecule has 0 fully saturated rings. The van der Waals surface area contributed by atoms with E-state index in [2.05, 4.69) is 10.4 Å². The van der Waals surface area contributed by atoms with Gasteiger partial charge in [-0.25, -0.2) is 9.40 Å². The van der Waals surface area contributed by atoms with Crippen LogP contribution < -0.4 is 14.8 Å². The Kier molecular flexibility index (Phi) is 5.71. The van der Waals surface area contributed by atoms with Gasteiger partial charge in [0.2, 0.25) is 0 Å². The number of hydrazone groups is 1. The molecule has 3 rings (SSSR count). The SMILES string of the molecule is CNCC(=O)N1N=C(c2ccccc2F)CC1c1cc(OC)ccc1OC. The lowest BCUT2D eigenvalue weighted by atomic mass is 9.97. The summed E-state index contributed by atoms with van der Waals surface area (Å²) in [6.45, 7) is 0.122. The maximum Gasteiger partial charge on any atom is 0.257 e. The molecule has 1 unspecified atom stereocenters. The van der Waals surface area contributed by atoms with Crippen LogP contribution in [0.3, 0.4) is 0 Å². The summed E-state index contributed by atoms with van der Waals surface area (Å²) >= 11 is 0. The molecule has 1 atom stereocenters. The molecule has 0 saturated heterocycles. The quantitative estimate of drug-likeness (QED) is 0.848. The first-order valence-electron chi connectivity index (χ1n) is 8.60. The number of ether oxygens (including phenoxy) is 2. The van der Waals surface area contributed by atoms with Gasteiger partial charge >= 0.3 is 0 Å². The number of benzene rings is 2. The first-order chi connectivity index (χ1) is 13.1. The zero-order chi connectivity index (χ0) is 19.4. The molecular formula is C20H22FN3O3. The van der Waals surface area contributed by atoms with Gasteiger partial charge in [-0.1, -0.05) is 18.2 Å². The second kappa shape index (κ2) is 8.18. The Hall–Kier alpha value is -2.93. The molecule has 142 valence electrons. The van der Waals surface area contributed by atoms with Crippen molar-refractivity contribution in [3.8, 4) is 11.5 Å². The fraction of sp³-hybridized carbons (Fsp3) is 0.300. The molecule has 0 bridgehead atoms. The Morgan fingerprint density at radius 2 is 2.04 bits per heavy atom. The molecule has 0 aliphatic carbocycles. The summed E-state index contributed by atoms with van der Waals surface area (Å²) in [4.78, 5) is 12.6. The normalized spacial score (nSPS) is 16.2. The number of nitrogens with one attached hydrogen (secondary N) is 1. The second-order valence-corrected chi connectivity index (χ2v) is 6.12. The van der Waals surface area contributed by atoms with E-state index < -0.39 is 6.04 Å². The summed E-state index contributed by atoms with van der Waals surface area (Å²) in [5.41, 5.74) is 1.67. The number of carbonyl (C=O) groups is 1. The maximum atomic E-state index is 14.3. The van der Waals surface area contributed by atoms with Crippen molar-refractivity contribution in [3.63, 3.8) is 0 Å². The molecule has 1 heterocycles. The molecule has 0 radical (unpaired) electrons. The first-order valence-corrected chi connectivity index (χ1v) is 8.60. The Balaban J connectivity index is 2.04. The van der Waals surface area contributed by atoms with Crippen molar-refractivity contribution < 1.29 is 18.7 Å². The Labute approximate surface area is 157 Å². The predicted octanol–water partition coefficient (Wildman–Crippen LogP) is 2.74. The third-order valence-corrected chi connectivity index (χ3v) is 4.47. The highest BCUT2D eigenvalue weighted by atomic mass is 19.1. The standard InChI is InChI=1S/C20H22FN3O3/c1-22-12-20(25)24-18(15-10-13(26-2)8-9-19(15)27-3)11-17(23-24)14-6-4-5-7-16(14)21/h4-10,18,22H,11-12H2,1-3H3. The van der Waals surface area contributed by atoms with Gasteiger partial charge in [0.15, 0.2) is 0 Å². The molecule has 6 nitrogen and oxygen atoms in total. The van der Waals surface area contributed by atoms with E-state index in [0.29, 0.717) is 29.2 Å². The number of rotatable bonds is 6. The summed E-state index contributed by atoms with van der Waals surface area (Å²) in [6.07, 6.45) is 0.375. The van der Waals surface area contributed by atoms with Crippen molar-refractivity contribution >= 4 is 11.6 Å². The molecular weight excluding hydrogens is 349 g/mol. The number of carbonyl (C=O) groups excluding carboxylic acids is 1. The number of methoxy groups -OCH3 is 2. The maximum absolute atomic E-state index is 14.3. The number of likely N-dealkylation sites (N-methyl/N-ethyl adjacent to an activating group) is 1. The lowest BCUT2D eigenvalue weighted by Crippen LogP contribution is -2.34. The number of amides is 1. The highest BCUT2D eigenvalue weighted by Crippen LogP contribution is 2.39. The van der Waals surface area contributed by atoms with E-state index in [1.165, 1.54) is 11.1 Å². The minimum atomic E-state index is -0.412. The Bertz CT molecular complexity index is 869. The van der Waals surface area contributed by atoms with Crippen LogP contribution in [-0.4, -0.2) is 44.4 Å². The Morgan fingerprint density at radius 1 is 1.26 bits per heavy atom. The molecule has 1 N–H and O–H groups in total. The van der Waals surface area contributed by atoms with Crippen LogP contribution >= 0.6 is 0 Å².